The van der Waals surface area contributed by atoms with Gasteiger partial charge in [0.1, 0.15) is 11.8 Å². The van der Waals surface area contributed by atoms with E-state index in [1.165, 1.54) is 31.2 Å². The van der Waals surface area contributed by atoms with Gasteiger partial charge in [0.25, 0.3) is 5.69 Å². The molecular weight excluding hydrogens is 374 g/mol. The minimum atomic E-state index is -0.781. The summed E-state index contributed by atoms with van der Waals surface area (Å²) in [5, 5.41) is 23.1. The minimum Gasteiger partial charge on any atom is -0.425 e. The summed E-state index contributed by atoms with van der Waals surface area (Å²) in [6.45, 7) is 1.24. The highest BCUT2D eigenvalue weighted by Gasteiger charge is 2.42. The molecule has 0 radical (unpaired) electrons. The molecule has 8 nitrogen and oxygen atoms in total. The third-order valence-corrected chi connectivity index (χ3v) is 5.13. The van der Waals surface area contributed by atoms with Crippen LogP contribution >= 0.6 is 0 Å². The molecule has 1 saturated carbocycles. The van der Waals surface area contributed by atoms with Gasteiger partial charge < -0.3 is 10.1 Å². The number of nitriles is 1. The zero-order chi connectivity index (χ0) is 21.0. The molecule has 0 aromatic heterocycles. The molecular formula is C21H19N3O5. The molecule has 0 saturated heterocycles. The van der Waals surface area contributed by atoms with Gasteiger partial charge in [0.2, 0.25) is 5.91 Å². The fourth-order valence-electron chi connectivity index (χ4n) is 3.72. The number of anilines is 1. The Kier molecular flexibility index (Phi) is 5.59. The molecule has 0 bridgehead atoms. The van der Waals surface area contributed by atoms with Crippen molar-refractivity contribution < 1.29 is 19.2 Å². The summed E-state index contributed by atoms with van der Waals surface area (Å²) >= 11 is 0. The molecule has 1 aliphatic rings. The first-order valence-corrected chi connectivity index (χ1v) is 9.15. The first-order valence-electron chi connectivity index (χ1n) is 9.15. The molecule has 29 heavy (non-hydrogen) atoms. The standard InChI is InChI=1S/C21H19N3O5/c1-14(25)29-19-9-6-17(12-15(19)13-22)23-20(26)21(10-2-3-11-21)16-4-7-18(8-5-16)24(27)28/h4-9,12H,2-3,10-11H2,1H3,(H,23,26). The third-order valence-electron chi connectivity index (χ3n) is 5.13. The fraction of sp³-hybridized carbons (Fsp3) is 0.286. The van der Waals surface area contributed by atoms with E-state index in [9.17, 15) is 25.0 Å². The van der Waals surface area contributed by atoms with Crippen LogP contribution in [0, 0.1) is 21.4 Å². The van der Waals surface area contributed by atoms with Crippen molar-refractivity contribution >= 4 is 23.3 Å². The van der Waals surface area contributed by atoms with E-state index in [-0.39, 0.29) is 22.9 Å². The molecule has 8 heteroatoms. The average molecular weight is 393 g/mol. The van der Waals surface area contributed by atoms with Crippen molar-refractivity contribution in [1.29, 1.82) is 5.26 Å². The van der Waals surface area contributed by atoms with Gasteiger partial charge in [-0.1, -0.05) is 25.0 Å². The molecule has 0 aliphatic heterocycles. The SMILES string of the molecule is CC(=O)Oc1ccc(NC(=O)C2(c3ccc([N+](=O)[O-])cc3)CCCC2)cc1C#N. The van der Waals surface area contributed by atoms with Crippen molar-refractivity contribution in [2.45, 2.75) is 38.0 Å². The smallest absolute Gasteiger partial charge is 0.308 e. The summed E-state index contributed by atoms with van der Waals surface area (Å²) in [5.41, 5.74) is 0.470. The molecule has 0 heterocycles. The van der Waals surface area contributed by atoms with Crippen LogP contribution in [0.15, 0.2) is 42.5 Å². The number of amides is 1. The van der Waals surface area contributed by atoms with Crippen molar-refractivity contribution in [3.05, 3.63) is 63.7 Å². The highest BCUT2D eigenvalue weighted by Crippen LogP contribution is 2.42. The van der Waals surface area contributed by atoms with Crippen LogP contribution in [0.2, 0.25) is 0 Å². The molecule has 0 atom stereocenters. The van der Waals surface area contributed by atoms with Crippen molar-refractivity contribution in [2.75, 3.05) is 5.32 Å². The number of carbonyl (C=O) groups is 2. The number of hydrogen-bond donors (Lipinski definition) is 1. The monoisotopic (exact) mass is 393 g/mol. The number of nitrogens with one attached hydrogen (secondary N) is 1. The van der Waals surface area contributed by atoms with Gasteiger partial charge >= 0.3 is 5.97 Å². The largest absolute Gasteiger partial charge is 0.425 e. The van der Waals surface area contributed by atoms with Crippen LogP contribution in [0.25, 0.3) is 0 Å². The number of esters is 1. The van der Waals surface area contributed by atoms with E-state index >= 15 is 0 Å². The van der Waals surface area contributed by atoms with Crippen molar-refractivity contribution in [3.8, 4) is 11.8 Å². The lowest BCUT2D eigenvalue weighted by Gasteiger charge is -2.28. The Morgan fingerprint density at radius 1 is 1.17 bits per heavy atom. The molecule has 1 amide bonds. The molecule has 2 aromatic carbocycles. The molecule has 148 valence electrons. The lowest BCUT2D eigenvalue weighted by molar-refractivity contribution is -0.384. The first kappa shape index (κ1) is 20.0. The fourth-order valence-corrected chi connectivity index (χ4v) is 3.72. The molecule has 1 fully saturated rings. The van der Waals surface area contributed by atoms with Crippen LogP contribution in [0.5, 0.6) is 5.75 Å². The van der Waals surface area contributed by atoms with Gasteiger partial charge in [-0.15, -0.1) is 0 Å². The summed E-state index contributed by atoms with van der Waals surface area (Å²) < 4.78 is 4.99. The van der Waals surface area contributed by atoms with E-state index in [1.807, 2.05) is 6.07 Å². The Morgan fingerprint density at radius 2 is 1.83 bits per heavy atom. The summed E-state index contributed by atoms with van der Waals surface area (Å²) in [6, 6.07) is 12.5. The first-order chi connectivity index (χ1) is 13.9. The van der Waals surface area contributed by atoms with Crippen molar-refractivity contribution in [2.24, 2.45) is 0 Å². The average Bonchev–Trinajstić information content (AvgIpc) is 3.20. The normalized spacial score (nSPS) is 14.6. The van der Waals surface area contributed by atoms with Crippen molar-refractivity contribution in [3.63, 3.8) is 0 Å². The number of nitrogens with zero attached hydrogens (tertiary/aromatic N) is 2. The van der Waals surface area contributed by atoms with E-state index in [4.69, 9.17) is 4.74 Å². The van der Waals surface area contributed by atoms with Crippen LogP contribution < -0.4 is 10.1 Å². The lowest BCUT2D eigenvalue weighted by atomic mass is 9.78. The maximum atomic E-state index is 13.2. The number of rotatable bonds is 5. The summed E-state index contributed by atoms with van der Waals surface area (Å²) in [5.74, 6) is -0.640. The summed E-state index contributed by atoms with van der Waals surface area (Å²) in [4.78, 5) is 34.8. The Hall–Kier alpha value is -3.73. The van der Waals surface area contributed by atoms with Gasteiger partial charge in [0.05, 0.1) is 15.9 Å². The number of carbonyl (C=O) groups excluding carboxylic acids is 2. The second-order valence-electron chi connectivity index (χ2n) is 6.96. The van der Waals surface area contributed by atoms with Gasteiger partial charge in [0, 0.05) is 24.7 Å². The van der Waals surface area contributed by atoms with Gasteiger partial charge in [-0.25, -0.2) is 0 Å². The molecule has 1 N–H and O–H groups in total. The number of nitro groups is 1. The van der Waals surface area contributed by atoms with E-state index in [1.54, 1.807) is 18.2 Å². The lowest BCUT2D eigenvalue weighted by Crippen LogP contribution is -2.38. The van der Waals surface area contributed by atoms with Gasteiger partial charge in [-0.05, 0) is 36.6 Å². The van der Waals surface area contributed by atoms with E-state index in [0.717, 1.165) is 18.4 Å². The number of nitro benzene ring substituents is 1. The van der Waals surface area contributed by atoms with E-state index in [0.29, 0.717) is 18.5 Å². The Morgan fingerprint density at radius 3 is 2.38 bits per heavy atom. The maximum Gasteiger partial charge on any atom is 0.308 e. The van der Waals surface area contributed by atoms with Gasteiger partial charge in [-0.2, -0.15) is 5.26 Å². The van der Waals surface area contributed by atoms with Crippen LogP contribution in [-0.4, -0.2) is 16.8 Å². The number of non-ortho nitro benzene ring substituents is 1. The molecule has 1 aliphatic carbocycles. The van der Waals surface area contributed by atoms with E-state index < -0.39 is 16.3 Å². The topological polar surface area (TPSA) is 122 Å². The zero-order valence-corrected chi connectivity index (χ0v) is 15.8. The van der Waals surface area contributed by atoms with Crippen molar-refractivity contribution in [1.82, 2.24) is 0 Å². The van der Waals surface area contributed by atoms with Crippen LogP contribution in [0.1, 0.15) is 43.7 Å². The van der Waals surface area contributed by atoms with Crippen LogP contribution in [-0.2, 0) is 15.0 Å². The summed E-state index contributed by atoms with van der Waals surface area (Å²) in [7, 11) is 0. The molecule has 0 spiro atoms. The predicted octanol–water partition coefficient (Wildman–Crippen LogP) is 3.84. The molecule has 3 rings (SSSR count). The maximum absolute atomic E-state index is 13.2. The zero-order valence-electron chi connectivity index (χ0n) is 15.8. The number of benzene rings is 2. The van der Waals surface area contributed by atoms with Crippen LogP contribution in [0.3, 0.4) is 0 Å². The summed E-state index contributed by atoms with van der Waals surface area (Å²) in [6.07, 6.45) is 3.01. The third kappa shape index (κ3) is 4.09. The highest BCUT2D eigenvalue weighted by atomic mass is 16.6. The van der Waals surface area contributed by atoms with Gasteiger partial charge in [0.15, 0.2) is 0 Å². The minimum absolute atomic E-state index is 0.0259. The molecule has 0 unspecified atom stereocenters. The quantitative estimate of drug-likeness (QED) is 0.356. The molecule has 2 aromatic rings. The predicted molar refractivity (Wildman–Crippen MR) is 104 cm³/mol. The Bertz CT molecular complexity index is 1000. The van der Waals surface area contributed by atoms with Crippen LogP contribution in [0.4, 0.5) is 11.4 Å². The Balaban J connectivity index is 1.88. The van der Waals surface area contributed by atoms with Gasteiger partial charge in [-0.3, -0.25) is 19.7 Å². The Labute approximate surface area is 167 Å². The second kappa shape index (κ2) is 8.10. The second-order valence-corrected chi connectivity index (χ2v) is 6.96. The van der Waals surface area contributed by atoms with E-state index in [2.05, 4.69) is 5.32 Å². The number of hydrogen-bond acceptors (Lipinski definition) is 6. The highest BCUT2D eigenvalue weighted by molar-refractivity contribution is 5.99. The number of ether oxygens (including phenoxy) is 1.